The van der Waals surface area contributed by atoms with Crippen LogP contribution < -0.4 is 5.76 Å². The van der Waals surface area contributed by atoms with E-state index >= 15 is 0 Å². The number of rotatable bonds is 4. The van der Waals surface area contributed by atoms with E-state index in [9.17, 15) is 18.0 Å². The number of hydrogen-bond donors (Lipinski definition) is 1. The third-order valence-electron chi connectivity index (χ3n) is 6.03. The summed E-state index contributed by atoms with van der Waals surface area (Å²) >= 11 is 0. The molecule has 172 valence electrons. The third kappa shape index (κ3) is 3.65. The number of para-hydroxylation sites is 1. The molecule has 0 spiro atoms. The zero-order chi connectivity index (χ0) is 23.3. The minimum atomic E-state index is -3.80. The largest absolute Gasteiger partial charge is 0.420 e. The van der Waals surface area contributed by atoms with Gasteiger partial charge in [-0.25, -0.2) is 13.2 Å². The van der Waals surface area contributed by atoms with Crippen LogP contribution in [0.25, 0.3) is 22.0 Å². The molecule has 3 heterocycles. The van der Waals surface area contributed by atoms with Crippen molar-refractivity contribution in [1.29, 1.82) is 0 Å². The van der Waals surface area contributed by atoms with Crippen molar-refractivity contribution in [3.8, 4) is 0 Å². The molecule has 1 saturated heterocycles. The van der Waals surface area contributed by atoms with Crippen molar-refractivity contribution in [3.05, 3.63) is 64.8 Å². The van der Waals surface area contributed by atoms with Crippen LogP contribution in [0.5, 0.6) is 0 Å². The van der Waals surface area contributed by atoms with E-state index in [1.807, 2.05) is 44.2 Å². The topological polar surface area (TPSA) is 109 Å². The van der Waals surface area contributed by atoms with Crippen LogP contribution in [0, 0.1) is 0 Å². The fourth-order valence-electron chi connectivity index (χ4n) is 4.31. The summed E-state index contributed by atoms with van der Waals surface area (Å²) in [6.45, 7) is 4.66. The van der Waals surface area contributed by atoms with Crippen molar-refractivity contribution in [1.82, 2.24) is 18.8 Å². The van der Waals surface area contributed by atoms with E-state index in [1.54, 1.807) is 11.0 Å². The van der Waals surface area contributed by atoms with Gasteiger partial charge in [-0.3, -0.25) is 9.36 Å². The van der Waals surface area contributed by atoms with Gasteiger partial charge in [0, 0.05) is 49.2 Å². The molecule has 2 aromatic carbocycles. The molecule has 0 aliphatic carbocycles. The maximum atomic E-state index is 13.2. The van der Waals surface area contributed by atoms with Gasteiger partial charge in [0.25, 0.3) is 5.91 Å². The Balaban J connectivity index is 1.33. The van der Waals surface area contributed by atoms with Crippen molar-refractivity contribution in [2.24, 2.45) is 0 Å². The number of nitrogens with one attached hydrogen (secondary N) is 1. The molecule has 1 aliphatic rings. The van der Waals surface area contributed by atoms with Gasteiger partial charge >= 0.3 is 5.76 Å². The summed E-state index contributed by atoms with van der Waals surface area (Å²) in [7, 11) is -3.80. The first-order chi connectivity index (χ1) is 15.8. The van der Waals surface area contributed by atoms with Gasteiger partial charge in [-0.15, -0.1) is 0 Å². The fourth-order valence-corrected chi connectivity index (χ4v) is 5.74. The number of H-pyrrole nitrogens is 1. The molecule has 0 bridgehead atoms. The van der Waals surface area contributed by atoms with Crippen LogP contribution in [0.15, 0.2) is 62.6 Å². The number of aromatic amines is 1. The normalized spacial score (nSPS) is 15.7. The Labute approximate surface area is 190 Å². The number of oxazole rings is 1. The van der Waals surface area contributed by atoms with Gasteiger partial charge in [0.2, 0.25) is 10.0 Å². The van der Waals surface area contributed by atoms with Crippen molar-refractivity contribution in [3.63, 3.8) is 0 Å². The molecule has 1 aliphatic heterocycles. The molecule has 0 saturated carbocycles. The summed E-state index contributed by atoms with van der Waals surface area (Å²) in [5, 5.41) is 0.954. The Hall–Kier alpha value is -3.37. The van der Waals surface area contributed by atoms with Crippen molar-refractivity contribution >= 4 is 37.9 Å². The number of hydrogen-bond acceptors (Lipinski definition) is 5. The van der Waals surface area contributed by atoms with E-state index in [2.05, 4.69) is 4.98 Å². The first kappa shape index (κ1) is 21.5. The quantitative estimate of drug-likeness (QED) is 0.495. The number of sulfonamides is 1. The van der Waals surface area contributed by atoms with Crippen LogP contribution in [0.3, 0.4) is 0 Å². The second-order valence-electron chi connectivity index (χ2n) is 8.43. The lowest BCUT2D eigenvalue weighted by Gasteiger charge is -2.33. The van der Waals surface area contributed by atoms with Gasteiger partial charge in [-0.05, 0) is 38.1 Å². The molecule has 0 atom stereocenters. The predicted molar refractivity (Wildman–Crippen MR) is 124 cm³/mol. The SMILES string of the molecule is CC(C)n1c(=O)oc2cc(S(=O)(=O)N3CCN(C(=O)c4cc5ccccc5[nH]4)CC3)ccc21. The average Bonchev–Trinajstić information content (AvgIpc) is 3.38. The Morgan fingerprint density at radius 2 is 1.76 bits per heavy atom. The van der Waals surface area contributed by atoms with E-state index in [0.717, 1.165) is 10.9 Å². The van der Waals surface area contributed by atoms with E-state index in [1.165, 1.54) is 21.0 Å². The van der Waals surface area contributed by atoms with E-state index in [0.29, 0.717) is 11.2 Å². The van der Waals surface area contributed by atoms with Crippen LogP contribution in [0.1, 0.15) is 30.4 Å². The van der Waals surface area contributed by atoms with Gasteiger partial charge < -0.3 is 14.3 Å². The lowest BCUT2D eigenvalue weighted by molar-refractivity contribution is 0.0693. The minimum absolute atomic E-state index is 0.0649. The number of piperazine rings is 1. The molecule has 10 heteroatoms. The first-order valence-electron chi connectivity index (χ1n) is 10.8. The molecule has 5 rings (SSSR count). The number of carbonyl (C=O) groups is 1. The van der Waals surface area contributed by atoms with Gasteiger partial charge in [-0.1, -0.05) is 18.2 Å². The number of nitrogens with zero attached hydrogens (tertiary/aromatic N) is 3. The van der Waals surface area contributed by atoms with Gasteiger partial charge in [0.15, 0.2) is 5.58 Å². The number of carbonyl (C=O) groups excluding carboxylic acids is 1. The van der Waals surface area contributed by atoms with Crippen LogP contribution >= 0.6 is 0 Å². The molecule has 0 radical (unpaired) electrons. The molecular weight excluding hydrogens is 444 g/mol. The molecule has 1 fully saturated rings. The van der Waals surface area contributed by atoms with Crippen LogP contribution in [0.4, 0.5) is 0 Å². The molecule has 1 amide bonds. The second-order valence-corrected chi connectivity index (χ2v) is 10.4. The predicted octanol–water partition coefficient (Wildman–Crippen LogP) is 2.80. The maximum Gasteiger partial charge on any atom is 0.420 e. The molecular formula is C23H24N4O5S. The molecule has 4 aromatic rings. The smallest absolute Gasteiger partial charge is 0.408 e. The van der Waals surface area contributed by atoms with Crippen molar-refractivity contribution < 1.29 is 17.6 Å². The maximum absolute atomic E-state index is 13.2. The highest BCUT2D eigenvalue weighted by Gasteiger charge is 2.31. The third-order valence-corrected chi connectivity index (χ3v) is 7.92. The minimum Gasteiger partial charge on any atom is -0.408 e. The van der Waals surface area contributed by atoms with E-state index < -0.39 is 15.8 Å². The molecule has 9 nitrogen and oxygen atoms in total. The highest BCUT2D eigenvalue weighted by molar-refractivity contribution is 7.89. The highest BCUT2D eigenvalue weighted by atomic mass is 32.2. The summed E-state index contributed by atoms with van der Waals surface area (Å²) in [6.07, 6.45) is 0. The average molecular weight is 469 g/mol. The standard InChI is InChI=1S/C23H24N4O5S/c1-15(2)27-20-8-7-17(14-21(20)32-23(27)29)33(30,31)26-11-9-25(10-12-26)22(28)19-13-16-5-3-4-6-18(16)24-19/h3-8,13-15,24H,9-12H2,1-2H3. The summed E-state index contributed by atoms with van der Waals surface area (Å²) in [5.74, 6) is -0.667. The van der Waals surface area contributed by atoms with Gasteiger partial charge in [0.05, 0.1) is 10.4 Å². The molecule has 33 heavy (non-hydrogen) atoms. The zero-order valence-corrected chi connectivity index (χ0v) is 19.1. The summed E-state index contributed by atoms with van der Waals surface area (Å²) in [5.41, 5.74) is 2.17. The number of amides is 1. The Morgan fingerprint density at radius 3 is 2.45 bits per heavy atom. The Bertz CT molecular complexity index is 1490. The van der Waals surface area contributed by atoms with E-state index in [4.69, 9.17) is 4.42 Å². The summed E-state index contributed by atoms with van der Waals surface area (Å²) < 4.78 is 34.5. The van der Waals surface area contributed by atoms with E-state index in [-0.39, 0.29) is 48.6 Å². The van der Waals surface area contributed by atoms with Gasteiger partial charge in [0.1, 0.15) is 5.69 Å². The summed E-state index contributed by atoms with van der Waals surface area (Å²) in [4.78, 5) is 29.9. The lowest BCUT2D eigenvalue weighted by Crippen LogP contribution is -2.50. The Kier molecular flexibility index (Phi) is 5.13. The number of fused-ring (bicyclic) bond motifs is 2. The first-order valence-corrected chi connectivity index (χ1v) is 12.2. The number of benzene rings is 2. The zero-order valence-electron chi connectivity index (χ0n) is 18.3. The fraction of sp³-hybridized carbons (Fsp3) is 0.304. The number of aromatic nitrogens is 2. The molecule has 2 aromatic heterocycles. The Morgan fingerprint density at radius 1 is 1.03 bits per heavy atom. The second kappa shape index (κ2) is 7.89. The van der Waals surface area contributed by atoms with Gasteiger partial charge in [-0.2, -0.15) is 4.31 Å². The molecule has 1 N–H and O–H groups in total. The lowest BCUT2D eigenvalue weighted by atomic mass is 10.2. The monoisotopic (exact) mass is 468 g/mol. The highest BCUT2D eigenvalue weighted by Crippen LogP contribution is 2.24. The van der Waals surface area contributed by atoms with Crippen molar-refractivity contribution in [2.45, 2.75) is 24.8 Å². The van der Waals surface area contributed by atoms with Crippen LogP contribution in [-0.2, 0) is 10.0 Å². The molecule has 0 unspecified atom stereocenters. The summed E-state index contributed by atoms with van der Waals surface area (Å²) in [6, 6.07) is 13.8. The van der Waals surface area contributed by atoms with Crippen molar-refractivity contribution in [2.75, 3.05) is 26.2 Å². The van der Waals surface area contributed by atoms with Crippen LogP contribution in [0.2, 0.25) is 0 Å². The van der Waals surface area contributed by atoms with Crippen LogP contribution in [-0.4, -0.2) is 59.3 Å².